The van der Waals surface area contributed by atoms with Crippen molar-refractivity contribution in [3.8, 4) is 5.75 Å². The van der Waals surface area contributed by atoms with Crippen molar-refractivity contribution < 1.29 is 23.8 Å². The number of hydrogen-bond donors (Lipinski definition) is 1. The van der Waals surface area contributed by atoms with Gasteiger partial charge in [-0.05, 0) is 42.8 Å². The molecule has 33 heavy (non-hydrogen) atoms. The van der Waals surface area contributed by atoms with Gasteiger partial charge >= 0.3 is 5.97 Å². The van der Waals surface area contributed by atoms with Gasteiger partial charge in [0.1, 0.15) is 16.7 Å². The molecule has 7 nitrogen and oxygen atoms in total. The molecule has 0 aliphatic carbocycles. The third kappa shape index (κ3) is 4.96. The highest BCUT2D eigenvalue weighted by atomic mass is 35.5. The van der Waals surface area contributed by atoms with Gasteiger partial charge in [0.15, 0.2) is 0 Å². The number of pyridine rings is 1. The Hall–Kier alpha value is -3.52. The predicted molar refractivity (Wildman–Crippen MR) is 122 cm³/mol. The Labute approximate surface area is 194 Å². The van der Waals surface area contributed by atoms with E-state index in [-0.39, 0.29) is 23.8 Å². The molecule has 0 spiro atoms. The second-order valence-corrected chi connectivity index (χ2v) is 7.92. The SMILES string of the molecule is CCOc1ccc2cc([C@@H]3CC(c4ccc(F)cc4)=NN3C(=O)CCC(=O)O)c(Cl)nc2c1. The predicted octanol–water partition coefficient (Wildman–Crippen LogP) is 4.97. The molecule has 170 valence electrons. The van der Waals surface area contributed by atoms with E-state index in [0.29, 0.717) is 41.1 Å². The lowest BCUT2D eigenvalue weighted by Gasteiger charge is -2.23. The molecule has 0 radical (unpaired) electrons. The van der Waals surface area contributed by atoms with Crippen molar-refractivity contribution in [1.29, 1.82) is 0 Å². The molecule has 0 fully saturated rings. The van der Waals surface area contributed by atoms with Crippen molar-refractivity contribution in [1.82, 2.24) is 9.99 Å². The first-order valence-corrected chi connectivity index (χ1v) is 10.8. The summed E-state index contributed by atoms with van der Waals surface area (Å²) in [7, 11) is 0. The minimum Gasteiger partial charge on any atom is -0.494 e. The molecule has 4 rings (SSSR count). The normalized spacial score (nSPS) is 15.5. The molecule has 1 aromatic heterocycles. The molecule has 1 atom stereocenters. The Morgan fingerprint density at radius 1 is 1.18 bits per heavy atom. The fourth-order valence-electron chi connectivity index (χ4n) is 3.76. The van der Waals surface area contributed by atoms with E-state index in [0.717, 1.165) is 5.39 Å². The second kappa shape index (κ2) is 9.54. The zero-order valence-corrected chi connectivity index (χ0v) is 18.6. The number of aliphatic carboxylic acids is 1. The fraction of sp³-hybridized carbons (Fsp3) is 0.250. The van der Waals surface area contributed by atoms with Gasteiger partial charge in [-0.3, -0.25) is 9.59 Å². The lowest BCUT2D eigenvalue weighted by Crippen LogP contribution is -2.27. The van der Waals surface area contributed by atoms with E-state index in [1.54, 1.807) is 18.2 Å². The van der Waals surface area contributed by atoms with Crippen LogP contribution in [0, 0.1) is 5.82 Å². The Bertz CT molecular complexity index is 1250. The average Bonchev–Trinajstić information content (AvgIpc) is 3.23. The van der Waals surface area contributed by atoms with Gasteiger partial charge in [0.25, 0.3) is 0 Å². The van der Waals surface area contributed by atoms with Gasteiger partial charge in [0.2, 0.25) is 5.91 Å². The van der Waals surface area contributed by atoms with Crippen LogP contribution >= 0.6 is 11.6 Å². The third-order valence-corrected chi connectivity index (χ3v) is 5.64. The van der Waals surface area contributed by atoms with Crippen LogP contribution in [0.4, 0.5) is 4.39 Å². The van der Waals surface area contributed by atoms with Crippen LogP contribution in [-0.4, -0.2) is 39.3 Å². The number of aromatic nitrogens is 1. The molecule has 3 aromatic rings. The van der Waals surface area contributed by atoms with Gasteiger partial charge in [0, 0.05) is 29.9 Å². The van der Waals surface area contributed by atoms with E-state index in [2.05, 4.69) is 10.1 Å². The number of hydrogen-bond acceptors (Lipinski definition) is 5. The maximum absolute atomic E-state index is 13.4. The van der Waals surface area contributed by atoms with Crippen LogP contribution in [0.1, 0.15) is 43.4 Å². The first kappa shape index (κ1) is 22.7. The van der Waals surface area contributed by atoms with E-state index < -0.39 is 17.9 Å². The standard InChI is InChI=1S/C24H21ClFN3O4/c1-2-33-17-8-5-15-11-18(24(25)27-19(15)12-17)21-13-20(14-3-6-16(26)7-4-14)28-29(21)22(30)9-10-23(31)32/h3-8,11-12,21H,2,9-10,13H2,1H3,(H,31,32)/t21-/m0/s1. The molecule has 1 N–H and O–H groups in total. The van der Waals surface area contributed by atoms with Crippen LogP contribution in [0.15, 0.2) is 53.6 Å². The lowest BCUT2D eigenvalue weighted by atomic mass is 9.98. The number of hydrazone groups is 1. The van der Waals surface area contributed by atoms with Crippen molar-refractivity contribution in [2.45, 2.75) is 32.2 Å². The molecule has 9 heteroatoms. The van der Waals surface area contributed by atoms with E-state index in [9.17, 15) is 14.0 Å². The number of halogens is 2. The lowest BCUT2D eigenvalue weighted by molar-refractivity contribution is -0.141. The molecule has 0 saturated carbocycles. The van der Waals surface area contributed by atoms with E-state index >= 15 is 0 Å². The van der Waals surface area contributed by atoms with Crippen LogP contribution in [0.5, 0.6) is 5.75 Å². The zero-order valence-electron chi connectivity index (χ0n) is 17.8. The molecule has 2 aromatic carbocycles. The van der Waals surface area contributed by atoms with Gasteiger partial charge < -0.3 is 9.84 Å². The smallest absolute Gasteiger partial charge is 0.303 e. The van der Waals surface area contributed by atoms with Crippen LogP contribution in [0.2, 0.25) is 5.15 Å². The summed E-state index contributed by atoms with van der Waals surface area (Å²) < 4.78 is 18.9. The highest BCUT2D eigenvalue weighted by Crippen LogP contribution is 2.38. The monoisotopic (exact) mass is 469 g/mol. The Kier molecular flexibility index (Phi) is 6.55. The van der Waals surface area contributed by atoms with Crippen LogP contribution in [0.25, 0.3) is 10.9 Å². The summed E-state index contributed by atoms with van der Waals surface area (Å²) in [6.07, 6.45) is -0.190. The van der Waals surface area contributed by atoms with Gasteiger partial charge in [-0.15, -0.1) is 0 Å². The van der Waals surface area contributed by atoms with Crippen LogP contribution < -0.4 is 4.74 Å². The molecule has 0 saturated heterocycles. The second-order valence-electron chi connectivity index (χ2n) is 7.56. The average molecular weight is 470 g/mol. The quantitative estimate of drug-likeness (QED) is 0.493. The minimum atomic E-state index is -1.07. The Morgan fingerprint density at radius 3 is 2.64 bits per heavy atom. The van der Waals surface area contributed by atoms with Crippen LogP contribution in [0.3, 0.4) is 0 Å². The molecule has 1 amide bonds. The number of benzene rings is 2. The van der Waals surface area contributed by atoms with Crippen LogP contribution in [-0.2, 0) is 9.59 Å². The fourth-order valence-corrected chi connectivity index (χ4v) is 4.03. The molecular weight excluding hydrogens is 449 g/mol. The number of nitrogens with zero attached hydrogens (tertiary/aromatic N) is 3. The number of carboxylic acids is 1. The largest absolute Gasteiger partial charge is 0.494 e. The number of carbonyl (C=O) groups is 2. The number of carboxylic acid groups (broad SMARTS) is 1. The topological polar surface area (TPSA) is 92.1 Å². The molecule has 2 heterocycles. The van der Waals surface area contributed by atoms with Gasteiger partial charge in [-0.1, -0.05) is 23.7 Å². The third-order valence-electron chi connectivity index (χ3n) is 5.34. The molecule has 0 bridgehead atoms. The van der Waals surface area contributed by atoms with Crippen molar-refractivity contribution >= 4 is 40.1 Å². The maximum atomic E-state index is 13.4. The van der Waals surface area contributed by atoms with E-state index in [4.69, 9.17) is 21.4 Å². The molecular formula is C24H21ClFN3O4. The summed E-state index contributed by atoms with van der Waals surface area (Å²) in [5.41, 5.74) is 2.49. The van der Waals surface area contributed by atoms with Crippen molar-refractivity contribution in [3.05, 3.63) is 70.6 Å². The Morgan fingerprint density at radius 2 is 1.94 bits per heavy atom. The van der Waals surface area contributed by atoms with Crippen molar-refractivity contribution in [3.63, 3.8) is 0 Å². The Balaban J connectivity index is 1.71. The highest BCUT2D eigenvalue weighted by molar-refractivity contribution is 6.30. The first-order valence-electron chi connectivity index (χ1n) is 10.5. The molecule has 0 unspecified atom stereocenters. The number of fused-ring (bicyclic) bond motifs is 1. The molecule has 1 aliphatic heterocycles. The summed E-state index contributed by atoms with van der Waals surface area (Å²) in [4.78, 5) is 28.3. The van der Waals surface area contributed by atoms with E-state index in [1.165, 1.54) is 17.1 Å². The number of amides is 1. The van der Waals surface area contributed by atoms with Crippen molar-refractivity contribution in [2.75, 3.05) is 6.61 Å². The van der Waals surface area contributed by atoms with Gasteiger partial charge in [-0.25, -0.2) is 14.4 Å². The zero-order chi connectivity index (χ0) is 23.5. The summed E-state index contributed by atoms with van der Waals surface area (Å²) in [6, 6.07) is 12.6. The maximum Gasteiger partial charge on any atom is 0.303 e. The first-order chi connectivity index (χ1) is 15.9. The van der Waals surface area contributed by atoms with Crippen molar-refractivity contribution in [2.24, 2.45) is 5.10 Å². The summed E-state index contributed by atoms with van der Waals surface area (Å²) >= 11 is 6.54. The summed E-state index contributed by atoms with van der Waals surface area (Å²) in [6.45, 7) is 2.42. The minimum absolute atomic E-state index is 0.206. The highest BCUT2D eigenvalue weighted by Gasteiger charge is 2.35. The summed E-state index contributed by atoms with van der Waals surface area (Å²) in [5, 5.41) is 15.7. The summed E-state index contributed by atoms with van der Waals surface area (Å²) in [5.74, 6) is -1.22. The van der Waals surface area contributed by atoms with Gasteiger partial charge in [0.05, 0.1) is 30.3 Å². The van der Waals surface area contributed by atoms with E-state index in [1.807, 2.05) is 25.1 Å². The number of ether oxygens (including phenoxy) is 1. The number of carbonyl (C=O) groups excluding carboxylic acids is 1. The number of rotatable bonds is 7. The molecule has 1 aliphatic rings. The van der Waals surface area contributed by atoms with Gasteiger partial charge in [-0.2, -0.15) is 5.10 Å².